The van der Waals surface area contributed by atoms with Crippen LogP contribution in [0.1, 0.15) is 18.4 Å². The van der Waals surface area contributed by atoms with Gasteiger partial charge in [-0.1, -0.05) is 6.07 Å². The topological polar surface area (TPSA) is 83.0 Å². The van der Waals surface area contributed by atoms with Crippen LogP contribution in [0.15, 0.2) is 36.8 Å². The second-order valence-corrected chi connectivity index (χ2v) is 5.60. The number of anilines is 2. The van der Waals surface area contributed by atoms with E-state index in [1.54, 1.807) is 24.7 Å². The SMILES string of the molecule is Cc1cccnc1NC(=O)N[C@@H]1CCCN(c2ncccn2)C1. The Hall–Kier alpha value is -2.70. The summed E-state index contributed by atoms with van der Waals surface area (Å²) in [6, 6.07) is 5.39. The molecule has 2 aromatic heterocycles. The van der Waals surface area contributed by atoms with Crippen molar-refractivity contribution in [2.45, 2.75) is 25.8 Å². The van der Waals surface area contributed by atoms with Crippen LogP contribution < -0.4 is 15.5 Å². The molecule has 23 heavy (non-hydrogen) atoms. The number of amides is 2. The van der Waals surface area contributed by atoms with E-state index >= 15 is 0 Å². The van der Waals surface area contributed by atoms with E-state index in [9.17, 15) is 4.79 Å². The molecule has 120 valence electrons. The number of rotatable bonds is 3. The van der Waals surface area contributed by atoms with Gasteiger partial charge in [-0.25, -0.2) is 19.7 Å². The third-order valence-corrected chi connectivity index (χ3v) is 3.83. The maximum absolute atomic E-state index is 12.2. The zero-order valence-corrected chi connectivity index (χ0v) is 13.1. The molecule has 0 bridgehead atoms. The van der Waals surface area contributed by atoms with E-state index in [0.29, 0.717) is 18.3 Å². The summed E-state index contributed by atoms with van der Waals surface area (Å²) < 4.78 is 0. The van der Waals surface area contributed by atoms with Crippen LogP contribution in [-0.2, 0) is 0 Å². The predicted molar refractivity (Wildman–Crippen MR) is 88.4 cm³/mol. The van der Waals surface area contributed by atoms with Gasteiger partial charge in [-0.15, -0.1) is 0 Å². The highest BCUT2D eigenvalue weighted by atomic mass is 16.2. The average Bonchev–Trinajstić information content (AvgIpc) is 2.58. The van der Waals surface area contributed by atoms with Crippen LogP contribution in [0, 0.1) is 6.92 Å². The minimum Gasteiger partial charge on any atom is -0.339 e. The normalized spacial score (nSPS) is 17.6. The number of carbonyl (C=O) groups excluding carboxylic acids is 1. The van der Waals surface area contributed by atoms with Gasteiger partial charge in [-0.05, 0) is 37.5 Å². The molecule has 0 aromatic carbocycles. The molecule has 3 rings (SSSR count). The molecule has 2 N–H and O–H groups in total. The van der Waals surface area contributed by atoms with Crippen molar-refractivity contribution in [3.05, 3.63) is 42.4 Å². The van der Waals surface area contributed by atoms with Crippen LogP contribution in [0.5, 0.6) is 0 Å². The van der Waals surface area contributed by atoms with Crippen LogP contribution in [0.3, 0.4) is 0 Å². The van der Waals surface area contributed by atoms with Crippen LogP contribution >= 0.6 is 0 Å². The van der Waals surface area contributed by atoms with Gasteiger partial charge in [0, 0.05) is 37.7 Å². The molecule has 1 fully saturated rings. The largest absolute Gasteiger partial charge is 0.339 e. The molecule has 1 saturated heterocycles. The number of urea groups is 1. The van der Waals surface area contributed by atoms with Gasteiger partial charge in [0.1, 0.15) is 5.82 Å². The van der Waals surface area contributed by atoms with Crippen molar-refractivity contribution < 1.29 is 4.79 Å². The summed E-state index contributed by atoms with van der Waals surface area (Å²) in [6.45, 7) is 3.53. The molecule has 3 heterocycles. The van der Waals surface area contributed by atoms with Crippen LogP contribution in [0.4, 0.5) is 16.6 Å². The Morgan fingerprint density at radius 3 is 2.78 bits per heavy atom. The maximum Gasteiger partial charge on any atom is 0.320 e. The number of aromatic nitrogens is 3. The van der Waals surface area contributed by atoms with Crippen molar-refractivity contribution in [1.82, 2.24) is 20.3 Å². The molecule has 0 saturated carbocycles. The second-order valence-electron chi connectivity index (χ2n) is 5.60. The Balaban J connectivity index is 1.57. The highest BCUT2D eigenvalue weighted by Crippen LogP contribution is 2.15. The fourth-order valence-electron chi connectivity index (χ4n) is 2.68. The lowest BCUT2D eigenvalue weighted by molar-refractivity contribution is 0.246. The molecular formula is C16H20N6O. The number of nitrogens with zero attached hydrogens (tertiary/aromatic N) is 4. The Morgan fingerprint density at radius 2 is 2.00 bits per heavy atom. The minimum atomic E-state index is -0.229. The minimum absolute atomic E-state index is 0.0663. The molecule has 0 spiro atoms. The number of hydrogen-bond donors (Lipinski definition) is 2. The highest BCUT2D eigenvalue weighted by Gasteiger charge is 2.23. The van der Waals surface area contributed by atoms with Gasteiger partial charge >= 0.3 is 6.03 Å². The molecule has 0 radical (unpaired) electrons. The van der Waals surface area contributed by atoms with E-state index in [-0.39, 0.29) is 12.1 Å². The summed E-state index contributed by atoms with van der Waals surface area (Å²) in [6.07, 6.45) is 7.06. The fourth-order valence-corrected chi connectivity index (χ4v) is 2.68. The Labute approximate surface area is 135 Å². The molecular weight excluding hydrogens is 292 g/mol. The van der Waals surface area contributed by atoms with Crippen molar-refractivity contribution in [3.8, 4) is 0 Å². The maximum atomic E-state index is 12.2. The van der Waals surface area contributed by atoms with Gasteiger partial charge in [0.2, 0.25) is 5.95 Å². The lowest BCUT2D eigenvalue weighted by Crippen LogP contribution is -2.49. The van der Waals surface area contributed by atoms with E-state index in [2.05, 4.69) is 30.5 Å². The van der Waals surface area contributed by atoms with Crippen LogP contribution in [-0.4, -0.2) is 40.1 Å². The van der Waals surface area contributed by atoms with Gasteiger partial charge in [0.15, 0.2) is 0 Å². The van der Waals surface area contributed by atoms with Crippen molar-refractivity contribution in [3.63, 3.8) is 0 Å². The first-order valence-corrected chi connectivity index (χ1v) is 7.73. The van der Waals surface area contributed by atoms with Gasteiger partial charge in [-0.2, -0.15) is 0 Å². The molecule has 2 aromatic rings. The van der Waals surface area contributed by atoms with Crippen LogP contribution in [0.25, 0.3) is 0 Å². The molecule has 7 nitrogen and oxygen atoms in total. The van der Waals surface area contributed by atoms with Gasteiger partial charge in [-0.3, -0.25) is 5.32 Å². The number of nitrogens with one attached hydrogen (secondary N) is 2. The first-order chi connectivity index (χ1) is 11.2. The summed E-state index contributed by atoms with van der Waals surface area (Å²) in [5.74, 6) is 1.30. The van der Waals surface area contributed by atoms with Crippen molar-refractivity contribution in [2.24, 2.45) is 0 Å². The zero-order chi connectivity index (χ0) is 16.1. The summed E-state index contributed by atoms with van der Waals surface area (Å²) in [7, 11) is 0. The van der Waals surface area contributed by atoms with E-state index in [1.165, 1.54) is 0 Å². The zero-order valence-electron chi connectivity index (χ0n) is 13.1. The molecule has 1 atom stereocenters. The molecule has 2 amide bonds. The van der Waals surface area contributed by atoms with Gasteiger partial charge < -0.3 is 10.2 Å². The second kappa shape index (κ2) is 7.04. The van der Waals surface area contributed by atoms with Gasteiger partial charge in [0.25, 0.3) is 0 Å². The Morgan fingerprint density at radius 1 is 1.22 bits per heavy atom. The smallest absolute Gasteiger partial charge is 0.320 e. The summed E-state index contributed by atoms with van der Waals surface area (Å²) in [5, 5.41) is 5.81. The average molecular weight is 312 g/mol. The Bertz CT molecular complexity index is 663. The standard InChI is InChI=1S/C16H20N6O/c1-12-5-2-7-17-14(12)21-16(23)20-13-6-3-10-22(11-13)15-18-8-4-9-19-15/h2,4-5,7-9,13H,3,6,10-11H2,1H3,(H2,17,20,21,23)/t13-/m1/s1. The number of hydrogen-bond acceptors (Lipinski definition) is 5. The Kier molecular flexibility index (Phi) is 4.65. The number of pyridine rings is 1. The molecule has 0 aliphatic carbocycles. The first-order valence-electron chi connectivity index (χ1n) is 7.73. The van der Waals surface area contributed by atoms with E-state index in [4.69, 9.17) is 0 Å². The monoisotopic (exact) mass is 312 g/mol. The number of piperidine rings is 1. The van der Waals surface area contributed by atoms with E-state index in [1.807, 2.05) is 19.1 Å². The summed E-state index contributed by atoms with van der Waals surface area (Å²) >= 11 is 0. The third kappa shape index (κ3) is 3.94. The summed E-state index contributed by atoms with van der Waals surface area (Å²) in [4.78, 5) is 27.0. The number of carbonyl (C=O) groups is 1. The molecule has 7 heteroatoms. The highest BCUT2D eigenvalue weighted by molar-refractivity contribution is 5.89. The number of aryl methyl sites for hydroxylation is 1. The lowest BCUT2D eigenvalue weighted by atomic mass is 10.1. The molecule has 1 aliphatic rings. The van der Waals surface area contributed by atoms with Gasteiger partial charge in [0.05, 0.1) is 0 Å². The molecule has 0 unspecified atom stereocenters. The fraction of sp³-hybridized carbons (Fsp3) is 0.375. The lowest BCUT2D eigenvalue weighted by Gasteiger charge is -2.33. The van der Waals surface area contributed by atoms with E-state index < -0.39 is 0 Å². The van der Waals surface area contributed by atoms with Crippen molar-refractivity contribution in [2.75, 3.05) is 23.3 Å². The van der Waals surface area contributed by atoms with Crippen LogP contribution in [0.2, 0.25) is 0 Å². The quantitative estimate of drug-likeness (QED) is 0.905. The van der Waals surface area contributed by atoms with E-state index in [0.717, 1.165) is 24.9 Å². The first kappa shape index (κ1) is 15.2. The van der Waals surface area contributed by atoms with Crippen molar-refractivity contribution >= 4 is 17.8 Å². The predicted octanol–water partition coefficient (Wildman–Crippen LogP) is 1.97. The van der Waals surface area contributed by atoms with Crippen molar-refractivity contribution in [1.29, 1.82) is 0 Å². The third-order valence-electron chi connectivity index (χ3n) is 3.83. The summed E-state index contributed by atoms with van der Waals surface area (Å²) in [5.41, 5.74) is 0.936. The molecule has 1 aliphatic heterocycles.